The van der Waals surface area contributed by atoms with Crippen LogP contribution >= 0.6 is 0 Å². The van der Waals surface area contributed by atoms with Crippen LogP contribution in [-0.4, -0.2) is 41.3 Å². The van der Waals surface area contributed by atoms with Crippen LogP contribution in [0.2, 0.25) is 0 Å². The zero-order chi connectivity index (χ0) is 20.4. The average Bonchev–Trinajstić information content (AvgIpc) is 2.61. The van der Waals surface area contributed by atoms with E-state index in [9.17, 15) is 24.6 Å². The minimum atomic E-state index is -2.00. The highest BCUT2D eigenvalue weighted by Gasteiger charge is 2.46. The quantitative estimate of drug-likeness (QED) is 0.249. The van der Waals surface area contributed by atoms with Crippen molar-refractivity contribution in [1.29, 1.82) is 0 Å². The van der Waals surface area contributed by atoms with Crippen LogP contribution in [-0.2, 0) is 19.1 Å². The van der Waals surface area contributed by atoms with E-state index in [1.165, 1.54) is 0 Å². The third-order valence-electron chi connectivity index (χ3n) is 4.26. The fourth-order valence-electron chi connectivity index (χ4n) is 2.48. The van der Waals surface area contributed by atoms with Crippen molar-refractivity contribution < 1.29 is 34.1 Å². The molecule has 0 spiro atoms. The Bertz CT molecular complexity index is 678. The summed E-state index contributed by atoms with van der Waals surface area (Å²) in [5, 5.41) is 19.0. The molecule has 0 amide bonds. The van der Waals surface area contributed by atoms with E-state index >= 15 is 0 Å². The molecule has 0 saturated heterocycles. The van der Waals surface area contributed by atoms with Crippen LogP contribution in [0, 0.1) is 12.3 Å². The topological polar surface area (TPSA) is 110 Å². The van der Waals surface area contributed by atoms with E-state index in [0.29, 0.717) is 6.61 Å². The lowest BCUT2D eigenvalue weighted by atomic mass is 9.75. The number of carboxylic acids is 2. The minimum absolute atomic E-state index is 0.00356. The summed E-state index contributed by atoms with van der Waals surface area (Å²) in [5.74, 6) is -3.52. The van der Waals surface area contributed by atoms with E-state index in [-0.39, 0.29) is 18.8 Å². The number of aliphatic carboxylic acids is 2. The van der Waals surface area contributed by atoms with Crippen LogP contribution in [0.4, 0.5) is 0 Å². The lowest BCUT2D eigenvalue weighted by molar-refractivity contribution is -0.155. The zero-order valence-corrected chi connectivity index (χ0v) is 15.7. The second-order valence-electron chi connectivity index (χ2n) is 6.35. The van der Waals surface area contributed by atoms with Gasteiger partial charge in [0, 0.05) is 18.8 Å². The number of ether oxygens (including phenoxy) is 2. The molecule has 0 aromatic heterocycles. The molecule has 148 valence electrons. The predicted octanol–water partition coefficient (Wildman–Crippen LogP) is 3.21. The number of benzene rings is 1. The van der Waals surface area contributed by atoms with Crippen molar-refractivity contribution in [3.05, 3.63) is 42.0 Å². The summed E-state index contributed by atoms with van der Waals surface area (Å²) >= 11 is 0. The molecule has 1 aromatic rings. The molecule has 0 radical (unpaired) electrons. The maximum absolute atomic E-state index is 12.3. The van der Waals surface area contributed by atoms with Gasteiger partial charge in [0.05, 0.1) is 6.42 Å². The van der Waals surface area contributed by atoms with Crippen LogP contribution < -0.4 is 4.74 Å². The summed E-state index contributed by atoms with van der Waals surface area (Å²) in [6.07, 6.45) is 0.864. The van der Waals surface area contributed by atoms with Gasteiger partial charge in [0.1, 0.15) is 11.2 Å². The highest BCUT2D eigenvalue weighted by atomic mass is 16.5. The van der Waals surface area contributed by atoms with Gasteiger partial charge in [-0.15, -0.1) is 0 Å². The molecular formula is C20H26O7. The second-order valence-corrected chi connectivity index (χ2v) is 6.35. The van der Waals surface area contributed by atoms with Gasteiger partial charge in [-0.2, -0.15) is 0 Å². The summed E-state index contributed by atoms with van der Waals surface area (Å²) in [7, 11) is 0. The maximum Gasteiger partial charge on any atom is 0.332 e. The van der Waals surface area contributed by atoms with Crippen LogP contribution in [0.25, 0.3) is 0 Å². The molecule has 0 fully saturated rings. The first-order valence-electron chi connectivity index (χ1n) is 8.74. The lowest BCUT2D eigenvalue weighted by Crippen LogP contribution is -2.40. The van der Waals surface area contributed by atoms with Crippen LogP contribution in [0.3, 0.4) is 0 Å². The number of hydrogen-bond acceptors (Lipinski definition) is 5. The average molecular weight is 378 g/mol. The van der Waals surface area contributed by atoms with Gasteiger partial charge in [0.15, 0.2) is 0 Å². The van der Waals surface area contributed by atoms with Crippen molar-refractivity contribution in [3.63, 3.8) is 0 Å². The number of carboxylic acid groups (broad SMARTS) is 2. The Hall–Kier alpha value is -2.67. The van der Waals surface area contributed by atoms with Gasteiger partial charge in [-0.1, -0.05) is 37.6 Å². The molecule has 1 aromatic carbocycles. The fraction of sp³-hybridized carbons (Fsp3) is 0.450. The third-order valence-corrected chi connectivity index (χ3v) is 4.26. The normalized spacial score (nSPS) is 12.8. The number of carbonyl (C=O) groups is 3. The molecule has 27 heavy (non-hydrogen) atoms. The SMILES string of the molecule is C=C(C(=O)O)C(CCOCCCC)(CC(=O)Oc1ccc(C)cc1)C(=O)O. The van der Waals surface area contributed by atoms with Crippen molar-refractivity contribution in [2.24, 2.45) is 5.41 Å². The van der Waals surface area contributed by atoms with Gasteiger partial charge in [0.25, 0.3) is 0 Å². The van der Waals surface area contributed by atoms with E-state index in [1.807, 2.05) is 13.8 Å². The Kier molecular flexibility index (Phi) is 8.68. The fourth-order valence-corrected chi connectivity index (χ4v) is 2.48. The van der Waals surface area contributed by atoms with Crippen molar-refractivity contribution in [2.75, 3.05) is 13.2 Å². The van der Waals surface area contributed by atoms with Gasteiger partial charge in [-0.25, -0.2) is 4.79 Å². The van der Waals surface area contributed by atoms with Gasteiger partial charge in [-0.05, 0) is 31.9 Å². The molecule has 0 saturated carbocycles. The number of esters is 1. The highest BCUT2D eigenvalue weighted by molar-refractivity contribution is 5.98. The molecule has 0 heterocycles. The summed E-state index contributed by atoms with van der Waals surface area (Å²) in [5.41, 5.74) is -1.60. The Balaban J connectivity index is 2.95. The molecule has 7 heteroatoms. The van der Waals surface area contributed by atoms with E-state index in [0.717, 1.165) is 18.4 Å². The molecule has 1 atom stereocenters. The Labute approximate surface area is 158 Å². The number of rotatable bonds is 12. The van der Waals surface area contributed by atoms with Gasteiger partial charge >= 0.3 is 17.9 Å². The van der Waals surface area contributed by atoms with E-state index in [4.69, 9.17) is 9.47 Å². The molecule has 0 bridgehead atoms. The summed E-state index contributed by atoms with van der Waals surface area (Å²) in [6, 6.07) is 6.64. The predicted molar refractivity (Wildman–Crippen MR) is 98.6 cm³/mol. The molecule has 0 aliphatic rings. The monoisotopic (exact) mass is 378 g/mol. The van der Waals surface area contributed by atoms with Crippen LogP contribution in [0.15, 0.2) is 36.4 Å². The van der Waals surface area contributed by atoms with Gasteiger partial charge in [-0.3, -0.25) is 9.59 Å². The van der Waals surface area contributed by atoms with Crippen molar-refractivity contribution in [2.45, 2.75) is 39.5 Å². The van der Waals surface area contributed by atoms with Crippen LogP contribution in [0.5, 0.6) is 5.75 Å². The molecule has 0 aliphatic heterocycles. The van der Waals surface area contributed by atoms with Crippen molar-refractivity contribution >= 4 is 17.9 Å². The molecule has 1 rings (SSSR count). The Morgan fingerprint density at radius 3 is 2.26 bits per heavy atom. The smallest absolute Gasteiger partial charge is 0.332 e. The summed E-state index contributed by atoms with van der Waals surface area (Å²) < 4.78 is 10.5. The first-order chi connectivity index (χ1) is 12.7. The summed E-state index contributed by atoms with van der Waals surface area (Å²) in [6.45, 7) is 7.67. The Morgan fingerprint density at radius 1 is 1.11 bits per heavy atom. The standard InChI is InChI=1S/C20H26O7/c1-4-5-11-26-12-10-20(19(24)25,15(3)18(22)23)13-17(21)27-16-8-6-14(2)7-9-16/h6-9H,3-5,10-13H2,1-2H3,(H,22,23)(H,24,25). The van der Waals surface area contributed by atoms with E-state index in [2.05, 4.69) is 6.58 Å². The van der Waals surface area contributed by atoms with E-state index in [1.54, 1.807) is 24.3 Å². The largest absolute Gasteiger partial charge is 0.481 e. The van der Waals surface area contributed by atoms with E-state index < -0.39 is 35.3 Å². The number of hydrogen-bond donors (Lipinski definition) is 2. The lowest BCUT2D eigenvalue weighted by Gasteiger charge is -2.28. The van der Waals surface area contributed by atoms with Crippen molar-refractivity contribution in [1.82, 2.24) is 0 Å². The highest BCUT2D eigenvalue weighted by Crippen LogP contribution is 2.36. The van der Waals surface area contributed by atoms with Gasteiger partial charge < -0.3 is 19.7 Å². The first-order valence-corrected chi connectivity index (χ1v) is 8.74. The molecule has 0 aliphatic carbocycles. The third kappa shape index (κ3) is 6.53. The minimum Gasteiger partial charge on any atom is -0.481 e. The molecule has 1 unspecified atom stereocenters. The van der Waals surface area contributed by atoms with Gasteiger partial charge in [0.2, 0.25) is 0 Å². The summed E-state index contributed by atoms with van der Waals surface area (Å²) in [4.78, 5) is 35.7. The van der Waals surface area contributed by atoms with Crippen LogP contribution in [0.1, 0.15) is 38.2 Å². The number of carbonyl (C=O) groups excluding carboxylic acids is 1. The Morgan fingerprint density at radius 2 is 1.74 bits per heavy atom. The maximum atomic E-state index is 12.3. The molecule has 2 N–H and O–H groups in total. The zero-order valence-electron chi connectivity index (χ0n) is 15.7. The first kappa shape index (κ1) is 22.4. The number of unbranched alkanes of at least 4 members (excludes halogenated alkanes) is 1. The van der Waals surface area contributed by atoms with Crippen molar-refractivity contribution in [3.8, 4) is 5.75 Å². The molecular weight excluding hydrogens is 352 g/mol. The number of aryl methyl sites for hydroxylation is 1. The second kappa shape index (κ2) is 10.5. The molecule has 7 nitrogen and oxygen atoms in total.